The fraction of sp³-hybridized carbons (Fsp3) is 0.365. The summed E-state index contributed by atoms with van der Waals surface area (Å²) in [4.78, 5) is 8.34. The summed E-state index contributed by atoms with van der Waals surface area (Å²) in [6.45, 7) is 41.1. The van der Waals surface area contributed by atoms with Gasteiger partial charge in [0.15, 0.2) is 0 Å². The topological polar surface area (TPSA) is 9.72 Å². The summed E-state index contributed by atoms with van der Waals surface area (Å²) in [5.41, 5.74) is 29.4. The third-order valence-corrected chi connectivity index (χ3v) is 22.2. The quantitative estimate of drug-likeness (QED) is 0.154. The van der Waals surface area contributed by atoms with Crippen LogP contribution < -0.4 is 31.1 Å². The lowest BCUT2D eigenvalue weighted by Gasteiger charge is -2.52. The molecule has 3 heterocycles. The van der Waals surface area contributed by atoms with Crippen molar-refractivity contribution in [1.29, 1.82) is 0 Å². The van der Waals surface area contributed by atoms with E-state index < -0.39 is 0 Å². The Labute approximate surface area is 534 Å². The molecule has 1 fully saturated rings. The van der Waals surface area contributed by atoms with Crippen molar-refractivity contribution in [3.63, 3.8) is 0 Å². The summed E-state index contributed by atoms with van der Waals surface area (Å²) in [7, 11) is 0. The second-order valence-corrected chi connectivity index (χ2v) is 33.0. The fourth-order valence-electron chi connectivity index (χ4n) is 16.9. The highest BCUT2D eigenvalue weighted by atomic mass is 15.3. The predicted octanol–water partition coefficient (Wildman–Crippen LogP) is 21.4. The zero-order valence-corrected chi connectivity index (χ0v) is 56.6. The molecule has 1 saturated carbocycles. The Morgan fingerprint density at radius 3 is 1.30 bits per heavy atom. The molecule has 5 aliphatic rings. The number of fused-ring (bicyclic) bond motifs is 8. The molecule has 0 N–H and O–H groups in total. The Kier molecular flexibility index (Phi) is 13.4. The SMILES string of the molecule is CC(C)(C)c1ccc(N2c3cc(N4c5ccc(C(C)(C)C)cc5C5(c6ccccc6)CCCCC45C)ccc3B3c4cc5c(cc4N(c4ccc(C(C)(C)C)cc4-c4ccccc4)c4cc(C(C)(C)C)cc2c43)C(C)(C)CCC5(C)C)c(-c2ccccc2)c1. The monoisotopic (exact) mass is 1170 g/mol. The number of rotatable bonds is 6. The van der Waals surface area contributed by atoms with Crippen LogP contribution in [0.3, 0.4) is 0 Å². The number of anilines is 8. The highest BCUT2D eigenvalue weighted by molar-refractivity contribution is 7.00. The van der Waals surface area contributed by atoms with Crippen molar-refractivity contribution in [3.8, 4) is 22.3 Å². The molecule has 3 nitrogen and oxygen atoms in total. The molecule has 14 rings (SSSR count). The van der Waals surface area contributed by atoms with Crippen LogP contribution in [-0.4, -0.2) is 12.3 Å². The molecule has 89 heavy (non-hydrogen) atoms. The van der Waals surface area contributed by atoms with Gasteiger partial charge >= 0.3 is 0 Å². The van der Waals surface area contributed by atoms with E-state index >= 15 is 0 Å². The van der Waals surface area contributed by atoms with E-state index in [0.29, 0.717) is 0 Å². The van der Waals surface area contributed by atoms with Crippen LogP contribution in [0.5, 0.6) is 0 Å². The lowest BCUT2D eigenvalue weighted by molar-refractivity contribution is 0.215. The van der Waals surface area contributed by atoms with Crippen LogP contribution in [0, 0.1) is 0 Å². The van der Waals surface area contributed by atoms with Crippen molar-refractivity contribution in [2.45, 2.75) is 200 Å². The van der Waals surface area contributed by atoms with Gasteiger partial charge in [-0.2, -0.15) is 0 Å². The third kappa shape index (κ3) is 9.24. The van der Waals surface area contributed by atoms with Crippen molar-refractivity contribution in [3.05, 3.63) is 233 Å². The summed E-state index contributed by atoms with van der Waals surface area (Å²) in [6, 6.07) is 75.0. The highest BCUT2D eigenvalue weighted by Crippen LogP contribution is 2.65. The Morgan fingerprint density at radius 1 is 0.348 bits per heavy atom. The first-order valence-electron chi connectivity index (χ1n) is 33.5. The molecule has 9 aromatic rings. The summed E-state index contributed by atoms with van der Waals surface area (Å²) in [6.07, 6.45) is 6.84. The summed E-state index contributed by atoms with van der Waals surface area (Å²) >= 11 is 0. The molecule has 2 aliphatic carbocycles. The van der Waals surface area contributed by atoms with E-state index in [2.05, 4.69) is 320 Å². The molecular formula is C85H94BN3. The van der Waals surface area contributed by atoms with Gasteiger partial charge < -0.3 is 14.7 Å². The molecule has 3 aliphatic heterocycles. The average molecular weight is 1170 g/mol. The molecule has 0 saturated heterocycles. The van der Waals surface area contributed by atoms with Crippen molar-refractivity contribution < 1.29 is 0 Å². The second-order valence-electron chi connectivity index (χ2n) is 33.0. The molecule has 0 aromatic heterocycles. The van der Waals surface area contributed by atoms with Gasteiger partial charge in [0.1, 0.15) is 0 Å². The van der Waals surface area contributed by atoms with Crippen molar-refractivity contribution in [2.75, 3.05) is 14.7 Å². The number of hydrogen-bond donors (Lipinski definition) is 0. The Hall–Kier alpha value is -7.56. The minimum Gasteiger partial charge on any atom is -0.334 e. The number of benzene rings is 9. The van der Waals surface area contributed by atoms with E-state index in [1.54, 1.807) is 0 Å². The number of hydrogen-bond acceptors (Lipinski definition) is 3. The van der Waals surface area contributed by atoms with Crippen molar-refractivity contribution in [2.24, 2.45) is 0 Å². The molecule has 0 amide bonds. The Balaban J connectivity index is 1.13. The molecule has 452 valence electrons. The first-order valence-corrected chi connectivity index (χ1v) is 33.5. The number of nitrogens with zero attached hydrogens (tertiary/aromatic N) is 3. The van der Waals surface area contributed by atoms with Crippen molar-refractivity contribution >= 4 is 68.6 Å². The summed E-state index contributed by atoms with van der Waals surface area (Å²) in [5, 5.41) is 0. The molecule has 0 spiro atoms. The van der Waals surface area contributed by atoms with Crippen LogP contribution in [0.4, 0.5) is 45.5 Å². The van der Waals surface area contributed by atoms with Gasteiger partial charge in [-0.15, -0.1) is 0 Å². The molecule has 9 aromatic carbocycles. The van der Waals surface area contributed by atoms with Crippen LogP contribution in [0.15, 0.2) is 188 Å². The second kappa shape index (κ2) is 20.2. The summed E-state index contributed by atoms with van der Waals surface area (Å²) < 4.78 is 0. The van der Waals surface area contributed by atoms with E-state index in [1.165, 1.54) is 141 Å². The highest BCUT2D eigenvalue weighted by Gasteiger charge is 2.61. The third-order valence-electron chi connectivity index (χ3n) is 22.2. The van der Waals surface area contributed by atoms with E-state index in [-0.39, 0.29) is 50.2 Å². The molecule has 4 heteroatoms. The van der Waals surface area contributed by atoms with Gasteiger partial charge in [0.25, 0.3) is 6.71 Å². The van der Waals surface area contributed by atoms with E-state index in [0.717, 1.165) is 25.7 Å². The Bertz CT molecular complexity index is 4270. The van der Waals surface area contributed by atoms with Crippen LogP contribution in [0.1, 0.15) is 201 Å². The molecular weight excluding hydrogens is 1070 g/mol. The van der Waals surface area contributed by atoms with E-state index in [9.17, 15) is 0 Å². The maximum Gasteiger partial charge on any atom is 0.252 e. The molecule has 2 atom stereocenters. The lowest BCUT2D eigenvalue weighted by atomic mass is 9.33. The molecule has 0 bridgehead atoms. The first kappa shape index (κ1) is 59.1. The lowest BCUT2D eigenvalue weighted by Crippen LogP contribution is -2.62. The maximum atomic E-state index is 2.84. The first-order chi connectivity index (χ1) is 42.0. The van der Waals surface area contributed by atoms with Gasteiger partial charge in [0.05, 0.1) is 16.9 Å². The minimum absolute atomic E-state index is 0.00998. The van der Waals surface area contributed by atoms with Crippen LogP contribution in [0.2, 0.25) is 0 Å². The van der Waals surface area contributed by atoms with Gasteiger partial charge in [-0.25, -0.2) is 0 Å². The van der Waals surface area contributed by atoms with Gasteiger partial charge in [-0.3, -0.25) is 0 Å². The average Bonchev–Trinajstić information content (AvgIpc) is 1.68. The fourth-order valence-corrected chi connectivity index (χ4v) is 16.9. The zero-order valence-electron chi connectivity index (χ0n) is 56.6. The Morgan fingerprint density at radius 2 is 0.798 bits per heavy atom. The van der Waals surface area contributed by atoms with E-state index in [1.807, 2.05) is 0 Å². The standard InChI is InChI=1S/C85H94BN3/c1-78(2,3)58-35-40-70(63(47-58)55-29-21-18-22-30-55)87-73-52-62(89-72-42-37-60(80(7,8)9)49-67(72)85(57-33-25-20-26-34-57)44-28-27-43-84(85,89)17)38-39-68(73)86-69-53-65-66(83(15,16)46-45-82(65,13)14)54-74(69)88(76-51-61(81(10,11)12)50-75(87)77(76)86)71-41-36-59(79(4,5)6)48-64(71)56-31-23-19-24-32-56/h18-26,29-42,47-54H,27-28,43-46H2,1-17H3. The van der Waals surface area contributed by atoms with Crippen molar-refractivity contribution in [1.82, 2.24) is 0 Å². The van der Waals surface area contributed by atoms with Gasteiger partial charge in [-0.1, -0.05) is 251 Å². The maximum absolute atomic E-state index is 2.84. The van der Waals surface area contributed by atoms with E-state index in [4.69, 9.17) is 0 Å². The largest absolute Gasteiger partial charge is 0.334 e. The molecule has 0 radical (unpaired) electrons. The minimum atomic E-state index is -0.262. The smallest absolute Gasteiger partial charge is 0.252 e. The molecule has 2 unspecified atom stereocenters. The van der Waals surface area contributed by atoms with Gasteiger partial charge in [0, 0.05) is 50.7 Å². The predicted molar refractivity (Wildman–Crippen MR) is 384 cm³/mol. The zero-order chi connectivity index (χ0) is 62.8. The van der Waals surface area contributed by atoms with Gasteiger partial charge in [-0.05, 0) is 198 Å². The summed E-state index contributed by atoms with van der Waals surface area (Å²) in [5.74, 6) is 0. The van der Waals surface area contributed by atoms with Gasteiger partial charge in [0.2, 0.25) is 0 Å². The van der Waals surface area contributed by atoms with Crippen LogP contribution in [0.25, 0.3) is 22.3 Å². The van der Waals surface area contributed by atoms with Crippen LogP contribution in [-0.2, 0) is 37.9 Å². The van der Waals surface area contributed by atoms with Crippen LogP contribution >= 0.6 is 0 Å². The normalized spacial score (nSPS) is 19.9.